The van der Waals surface area contributed by atoms with Crippen molar-refractivity contribution in [3.05, 3.63) is 36.0 Å². The number of hydrogen-bond donors (Lipinski definition) is 0. The zero-order valence-electron chi connectivity index (χ0n) is 14.1. The lowest BCUT2D eigenvalue weighted by Gasteiger charge is -2.28. The lowest BCUT2D eigenvalue weighted by atomic mass is 10.2. The third-order valence-electron chi connectivity index (χ3n) is 3.71. The highest BCUT2D eigenvalue weighted by molar-refractivity contribution is 8.00. The van der Waals surface area contributed by atoms with Gasteiger partial charge in [0, 0.05) is 11.3 Å². The van der Waals surface area contributed by atoms with Crippen LogP contribution in [0.3, 0.4) is 0 Å². The summed E-state index contributed by atoms with van der Waals surface area (Å²) < 4.78 is 10.5. The molecule has 132 valence electrons. The van der Waals surface area contributed by atoms with Gasteiger partial charge in [0.25, 0.3) is 5.89 Å². The molecular weight excluding hydrogens is 342 g/mol. The summed E-state index contributed by atoms with van der Waals surface area (Å²) in [7, 11) is 0. The predicted octanol–water partition coefficient (Wildman–Crippen LogP) is 2.77. The molecule has 1 unspecified atom stereocenters. The highest BCUT2D eigenvalue weighted by Crippen LogP contribution is 2.34. The third kappa shape index (κ3) is 4.01. The topological polar surface area (TPSA) is 85.5 Å². The molecule has 1 aromatic heterocycles. The number of carbonyl (C=O) groups excluding carboxylic acids is 2. The minimum Gasteiger partial charge on any atom is -0.451 e. The highest BCUT2D eigenvalue weighted by atomic mass is 32.2. The molecule has 1 amide bonds. The van der Waals surface area contributed by atoms with Gasteiger partial charge < -0.3 is 9.26 Å². The number of esters is 1. The molecule has 1 aliphatic heterocycles. The number of hydrogen-bond acceptors (Lipinski definition) is 7. The van der Waals surface area contributed by atoms with Crippen molar-refractivity contribution in [2.24, 2.45) is 0 Å². The Kier molecular flexibility index (Phi) is 5.37. The fraction of sp³-hybridized carbons (Fsp3) is 0.412. The summed E-state index contributed by atoms with van der Waals surface area (Å²) >= 11 is 1.47. The van der Waals surface area contributed by atoms with Gasteiger partial charge in [0.15, 0.2) is 11.9 Å². The van der Waals surface area contributed by atoms with Gasteiger partial charge in [-0.25, -0.2) is 0 Å². The number of nitrogens with zero attached hydrogens (tertiary/aromatic N) is 3. The van der Waals surface area contributed by atoms with Gasteiger partial charge >= 0.3 is 5.97 Å². The van der Waals surface area contributed by atoms with Crippen LogP contribution in [0.2, 0.25) is 0 Å². The Morgan fingerprint density at radius 3 is 3.04 bits per heavy atom. The van der Waals surface area contributed by atoms with E-state index in [4.69, 9.17) is 9.26 Å². The Morgan fingerprint density at radius 1 is 1.44 bits per heavy atom. The van der Waals surface area contributed by atoms with E-state index in [9.17, 15) is 9.59 Å². The molecule has 2 aromatic rings. The Hall–Kier alpha value is -2.35. The number of rotatable bonds is 6. The van der Waals surface area contributed by atoms with Crippen LogP contribution >= 0.6 is 11.8 Å². The number of para-hydroxylation sites is 1. The standard InChI is InChI=1S/C17H19N3O4S/c1-3-6-14-18-17(24-19-14)11(2)23-16(22)9-20-12-7-4-5-8-13(12)25-10-15(20)21/h4-5,7-8,11H,3,6,9-10H2,1-2H3. The quantitative estimate of drug-likeness (QED) is 0.731. The maximum absolute atomic E-state index is 12.3. The van der Waals surface area contributed by atoms with Crippen molar-refractivity contribution < 1.29 is 18.8 Å². The van der Waals surface area contributed by atoms with Crippen molar-refractivity contribution in [2.75, 3.05) is 17.2 Å². The van der Waals surface area contributed by atoms with Gasteiger partial charge in [-0.3, -0.25) is 14.5 Å². The van der Waals surface area contributed by atoms with Crippen LogP contribution in [0.5, 0.6) is 0 Å². The molecular formula is C17H19N3O4S. The summed E-state index contributed by atoms with van der Waals surface area (Å²) in [5, 5.41) is 3.85. The Labute approximate surface area is 149 Å². The predicted molar refractivity (Wildman–Crippen MR) is 92.3 cm³/mol. The normalized spacial score (nSPS) is 15.0. The lowest BCUT2D eigenvalue weighted by Crippen LogP contribution is -2.40. The van der Waals surface area contributed by atoms with Gasteiger partial charge in [-0.05, 0) is 25.5 Å². The largest absolute Gasteiger partial charge is 0.451 e. The Balaban J connectivity index is 1.65. The average Bonchev–Trinajstić information content (AvgIpc) is 3.07. The summed E-state index contributed by atoms with van der Waals surface area (Å²) in [5.74, 6) is 0.536. The van der Waals surface area contributed by atoms with Gasteiger partial charge in [-0.2, -0.15) is 4.98 Å². The fourth-order valence-electron chi connectivity index (χ4n) is 2.50. The second kappa shape index (κ2) is 7.69. The van der Waals surface area contributed by atoms with E-state index in [1.807, 2.05) is 31.2 Å². The number of carbonyl (C=O) groups is 2. The Bertz CT molecular complexity index is 777. The van der Waals surface area contributed by atoms with Crippen LogP contribution in [-0.2, 0) is 20.7 Å². The molecule has 0 radical (unpaired) electrons. The molecule has 2 heterocycles. The van der Waals surface area contributed by atoms with E-state index in [0.717, 1.165) is 17.0 Å². The third-order valence-corrected chi connectivity index (χ3v) is 4.76. The summed E-state index contributed by atoms with van der Waals surface area (Å²) in [6.45, 7) is 3.55. The molecule has 0 saturated carbocycles. The van der Waals surface area contributed by atoms with E-state index in [1.54, 1.807) is 6.92 Å². The summed E-state index contributed by atoms with van der Waals surface area (Å²) in [5.41, 5.74) is 0.733. The van der Waals surface area contributed by atoms with Gasteiger partial charge in [0.2, 0.25) is 5.91 Å². The van der Waals surface area contributed by atoms with Crippen molar-refractivity contribution in [3.8, 4) is 0 Å². The van der Waals surface area contributed by atoms with Crippen molar-refractivity contribution in [2.45, 2.75) is 37.7 Å². The van der Waals surface area contributed by atoms with E-state index in [-0.39, 0.29) is 18.3 Å². The van der Waals surface area contributed by atoms with E-state index < -0.39 is 12.1 Å². The first-order valence-corrected chi connectivity index (χ1v) is 9.11. The first kappa shape index (κ1) is 17.5. The second-order valence-electron chi connectivity index (χ2n) is 5.67. The van der Waals surface area contributed by atoms with Crippen LogP contribution in [-0.4, -0.2) is 34.3 Å². The van der Waals surface area contributed by atoms with Crippen molar-refractivity contribution in [1.29, 1.82) is 0 Å². The molecule has 0 fully saturated rings. The first-order valence-electron chi connectivity index (χ1n) is 8.12. The number of fused-ring (bicyclic) bond motifs is 1. The SMILES string of the molecule is CCCc1noc(C(C)OC(=O)CN2C(=O)CSc3ccccc32)n1. The molecule has 8 heteroatoms. The Morgan fingerprint density at radius 2 is 2.24 bits per heavy atom. The zero-order chi connectivity index (χ0) is 17.8. The molecule has 1 aromatic carbocycles. The van der Waals surface area contributed by atoms with Gasteiger partial charge in [0.1, 0.15) is 6.54 Å². The van der Waals surface area contributed by atoms with Gasteiger partial charge in [0.05, 0.1) is 11.4 Å². The van der Waals surface area contributed by atoms with Crippen molar-refractivity contribution in [1.82, 2.24) is 10.1 Å². The maximum atomic E-state index is 12.3. The molecule has 0 aliphatic carbocycles. The molecule has 0 spiro atoms. The van der Waals surface area contributed by atoms with Crippen molar-refractivity contribution in [3.63, 3.8) is 0 Å². The molecule has 1 aliphatic rings. The molecule has 0 saturated heterocycles. The highest BCUT2D eigenvalue weighted by Gasteiger charge is 2.28. The monoisotopic (exact) mass is 361 g/mol. The smallest absolute Gasteiger partial charge is 0.326 e. The number of anilines is 1. The van der Waals surface area contributed by atoms with E-state index in [0.29, 0.717) is 18.0 Å². The van der Waals surface area contributed by atoms with E-state index >= 15 is 0 Å². The number of ether oxygens (including phenoxy) is 1. The van der Waals surface area contributed by atoms with Crippen LogP contribution in [0.15, 0.2) is 33.7 Å². The zero-order valence-corrected chi connectivity index (χ0v) is 14.9. The number of aromatic nitrogens is 2. The molecule has 0 N–H and O–H groups in total. The molecule has 1 atom stereocenters. The summed E-state index contributed by atoms with van der Waals surface area (Å²) in [4.78, 5) is 31.1. The average molecular weight is 361 g/mol. The van der Waals surface area contributed by atoms with E-state index in [2.05, 4.69) is 10.1 Å². The molecule has 3 rings (SSSR count). The molecule has 25 heavy (non-hydrogen) atoms. The van der Waals surface area contributed by atoms with Crippen LogP contribution in [0.25, 0.3) is 0 Å². The first-order chi connectivity index (χ1) is 12.1. The molecule has 0 bridgehead atoms. The summed E-state index contributed by atoms with van der Waals surface area (Å²) in [6, 6.07) is 7.50. The fourth-order valence-corrected chi connectivity index (χ4v) is 3.43. The maximum Gasteiger partial charge on any atom is 0.326 e. The lowest BCUT2D eigenvalue weighted by molar-refractivity contribution is -0.148. The van der Waals surface area contributed by atoms with Gasteiger partial charge in [-0.1, -0.05) is 24.2 Å². The van der Waals surface area contributed by atoms with E-state index in [1.165, 1.54) is 16.7 Å². The van der Waals surface area contributed by atoms with Crippen LogP contribution in [0.1, 0.15) is 38.1 Å². The minimum absolute atomic E-state index is 0.115. The minimum atomic E-state index is -0.657. The number of thioether (sulfide) groups is 1. The van der Waals surface area contributed by atoms with Crippen LogP contribution < -0.4 is 4.90 Å². The van der Waals surface area contributed by atoms with Crippen LogP contribution in [0.4, 0.5) is 5.69 Å². The number of aryl methyl sites for hydroxylation is 1. The number of benzene rings is 1. The summed E-state index contributed by atoms with van der Waals surface area (Å²) in [6.07, 6.45) is 0.956. The molecule has 7 nitrogen and oxygen atoms in total. The van der Waals surface area contributed by atoms with Gasteiger partial charge in [-0.15, -0.1) is 11.8 Å². The van der Waals surface area contributed by atoms with Crippen molar-refractivity contribution >= 4 is 29.3 Å². The van der Waals surface area contributed by atoms with Crippen LogP contribution in [0, 0.1) is 0 Å². The number of amides is 1. The second-order valence-corrected chi connectivity index (χ2v) is 6.68.